The highest BCUT2D eigenvalue weighted by Gasteiger charge is 2.30. The number of nitrogens with two attached hydrogens (primary N) is 1. The van der Waals surface area contributed by atoms with Gasteiger partial charge in [-0.2, -0.15) is 13.2 Å². The van der Waals surface area contributed by atoms with Crippen LogP contribution in [-0.2, 0) is 6.18 Å². The van der Waals surface area contributed by atoms with Crippen LogP contribution < -0.4 is 15.4 Å². The van der Waals surface area contributed by atoms with Crippen LogP contribution in [0.1, 0.15) is 24.2 Å². The van der Waals surface area contributed by atoms with E-state index in [1.807, 2.05) is 36.1 Å². The fraction of sp³-hybridized carbons (Fsp3) is 0.294. The lowest BCUT2D eigenvalue weighted by Gasteiger charge is -2.30. The predicted octanol–water partition coefficient (Wildman–Crippen LogP) is 4.20. The molecule has 2 aromatic carbocycles. The van der Waals surface area contributed by atoms with E-state index in [-0.39, 0.29) is 0 Å². The van der Waals surface area contributed by atoms with Crippen LogP contribution in [0.15, 0.2) is 48.5 Å². The van der Waals surface area contributed by atoms with Crippen molar-refractivity contribution in [3.05, 3.63) is 59.7 Å². The number of hydrogen-bond acceptors (Lipinski definition) is 3. The van der Waals surface area contributed by atoms with E-state index in [0.717, 1.165) is 23.6 Å². The first-order valence-electron chi connectivity index (χ1n) is 7.20. The summed E-state index contributed by atoms with van der Waals surface area (Å²) in [6.07, 6.45) is -4.88. The van der Waals surface area contributed by atoms with Crippen molar-refractivity contribution in [3.63, 3.8) is 0 Å². The number of halogens is 3. The van der Waals surface area contributed by atoms with Crippen molar-refractivity contribution >= 4 is 5.69 Å². The van der Waals surface area contributed by atoms with Crippen LogP contribution in [0, 0.1) is 0 Å². The van der Waals surface area contributed by atoms with Crippen LogP contribution in [0.25, 0.3) is 0 Å². The van der Waals surface area contributed by atoms with E-state index in [9.17, 15) is 13.2 Å². The lowest BCUT2D eigenvalue weighted by Crippen LogP contribution is -2.34. The summed E-state index contributed by atoms with van der Waals surface area (Å²) in [6, 6.07) is 12.3. The van der Waals surface area contributed by atoms with Crippen molar-refractivity contribution in [3.8, 4) is 5.75 Å². The van der Waals surface area contributed by atoms with Crippen molar-refractivity contribution in [2.45, 2.75) is 19.3 Å². The Morgan fingerprint density at radius 3 is 2.04 bits per heavy atom. The monoisotopic (exact) mass is 324 g/mol. The zero-order valence-electron chi connectivity index (χ0n) is 13.0. The summed E-state index contributed by atoms with van der Waals surface area (Å²) in [4.78, 5) is 1.90. The molecule has 0 amide bonds. The van der Waals surface area contributed by atoms with E-state index in [2.05, 4.69) is 0 Å². The van der Waals surface area contributed by atoms with Gasteiger partial charge in [0.25, 0.3) is 0 Å². The Morgan fingerprint density at radius 1 is 1.04 bits per heavy atom. The zero-order chi connectivity index (χ0) is 17.0. The summed E-state index contributed by atoms with van der Waals surface area (Å²) in [6.45, 7) is 2.56. The average Bonchev–Trinajstić information content (AvgIpc) is 2.55. The summed E-state index contributed by atoms with van der Waals surface area (Å²) in [5, 5.41) is 0. The summed E-state index contributed by atoms with van der Waals surface area (Å²) in [7, 11) is 1.58. The molecule has 0 radical (unpaired) electrons. The van der Waals surface area contributed by atoms with Crippen LogP contribution in [0.3, 0.4) is 0 Å². The molecule has 3 nitrogen and oxygen atoms in total. The van der Waals surface area contributed by atoms with E-state index < -0.39 is 17.9 Å². The van der Waals surface area contributed by atoms with Gasteiger partial charge in [0, 0.05) is 12.2 Å². The van der Waals surface area contributed by atoms with Crippen molar-refractivity contribution < 1.29 is 17.9 Å². The molecular weight excluding hydrogens is 305 g/mol. The van der Waals surface area contributed by atoms with Crippen LogP contribution in [0.5, 0.6) is 5.75 Å². The molecule has 0 saturated heterocycles. The second kappa shape index (κ2) is 6.91. The SMILES string of the molecule is CCN(c1ccc(OC)cc1)C(N)c1ccc(C(F)(F)F)cc1. The maximum atomic E-state index is 12.6. The number of methoxy groups -OCH3 is 1. The predicted molar refractivity (Wildman–Crippen MR) is 84.4 cm³/mol. The number of alkyl halides is 3. The van der Waals surface area contributed by atoms with Gasteiger partial charge < -0.3 is 15.4 Å². The van der Waals surface area contributed by atoms with Gasteiger partial charge >= 0.3 is 6.18 Å². The van der Waals surface area contributed by atoms with Gasteiger partial charge in [-0.15, -0.1) is 0 Å². The third-order valence-corrected chi connectivity index (χ3v) is 3.66. The molecular formula is C17H19F3N2O. The normalized spacial score (nSPS) is 12.8. The van der Waals surface area contributed by atoms with E-state index >= 15 is 0 Å². The Labute approximate surface area is 133 Å². The second-order valence-corrected chi connectivity index (χ2v) is 5.05. The highest BCUT2D eigenvalue weighted by Crippen LogP contribution is 2.31. The molecule has 0 aliphatic rings. The minimum Gasteiger partial charge on any atom is -0.497 e. The fourth-order valence-electron chi connectivity index (χ4n) is 2.36. The van der Waals surface area contributed by atoms with Gasteiger partial charge in [0.1, 0.15) is 11.9 Å². The van der Waals surface area contributed by atoms with Crippen molar-refractivity contribution in [2.75, 3.05) is 18.6 Å². The molecule has 6 heteroatoms. The second-order valence-electron chi connectivity index (χ2n) is 5.05. The molecule has 0 aliphatic carbocycles. The van der Waals surface area contributed by atoms with Crippen molar-refractivity contribution in [2.24, 2.45) is 5.73 Å². The first-order chi connectivity index (χ1) is 10.9. The topological polar surface area (TPSA) is 38.5 Å². The van der Waals surface area contributed by atoms with Crippen LogP contribution >= 0.6 is 0 Å². The number of anilines is 1. The summed E-state index contributed by atoms with van der Waals surface area (Å²) < 4.78 is 43.0. The Bertz CT molecular complexity index is 624. The zero-order valence-corrected chi connectivity index (χ0v) is 13.0. The molecule has 1 atom stereocenters. The Hall–Kier alpha value is -2.21. The standard InChI is InChI=1S/C17H19F3N2O/c1-3-22(14-8-10-15(23-2)11-9-14)16(21)12-4-6-13(7-5-12)17(18,19)20/h4-11,16H,3,21H2,1-2H3. The molecule has 2 rings (SSSR count). The van der Waals surface area contributed by atoms with Gasteiger partial charge in [0.05, 0.1) is 12.7 Å². The Kier molecular flexibility index (Phi) is 5.15. The van der Waals surface area contributed by atoms with Gasteiger partial charge in [-0.05, 0) is 48.9 Å². The molecule has 0 saturated carbocycles. The molecule has 23 heavy (non-hydrogen) atoms. The van der Waals surface area contributed by atoms with E-state index in [1.54, 1.807) is 7.11 Å². The number of ether oxygens (including phenoxy) is 1. The Morgan fingerprint density at radius 2 is 1.61 bits per heavy atom. The van der Waals surface area contributed by atoms with Gasteiger partial charge in [-0.3, -0.25) is 0 Å². The molecule has 0 aromatic heterocycles. The number of benzene rings is 2. The molecule has 124 valence electrons. The summed E-state index contributed by atoms with van der Waals surface area (Å²) >= 11 is 0. The van der Waals surface area contributed by atoms with E-state index in [1.165, 1.54) is 12.1 Å². The highest BCUT2D eigenvalue weighted by molar-refractivity contribution is 5.51. The number of nitrogens with zero attached hydrogens (tertiary/aromatic N) is 1. The van der Waals surface area contributed by atoms with Gasteiger partial charge in [-0.25, -0.2) is 0 Å². The largest absolute Gasteiger partial charge is 0.497 e. The minimum atomic E-state index is -4.34. The minimum absolute atomic E-state index is 0.532. The summed E-state index contributed by atoms with van der Waals surface area (Å²) in [5.41, 5.74) is 7.04. The molecule has 2 aromatic rings. The lowest BCUT2D eigenvalue weighted by molar-refractivity contribution is -0.137. The van der Waals surface area contributed by atoms with E-state index in [0.29, 0.717) is 12.1 Å². The van der Waals surface area contributed by atoms with Gasteiger partial charge in [0.15, 0.2) is 0 Å². The fourth-order valence-corrected chi connectivity index (χ4v) is 2.36. The first kappa shape index (κ1) is 17.1. The molecule has 2 N–H and O–H groups in total. The van der Waals surface area contributed by atoms with E-state index in [4.69, 9.17) is 10.5 Å². The van der Waals surface area contributed by atoms with Crippen LogP contribution in [0.4, 0.5) is 18.9 Å². The van der Waals surface area contributed by atoms with Crippen LogP contribution in [-0.4, -0.2) is 13.7 Å². The van der Waals surface area contributed by atoms with Gasteiger partial charge in [-0.1, -0.05) is 12.1 Å². The number of hydrogen-bond donors (Lipinski definition) is 1. The average molecular weight is 324 g/mol. The molecule has 0 aliphatic heterocycles. The Balaban J connectivity index is 2.23. The number of rotatable bonds is 5. The van der Waals surface area contributed by atoms with Crippen LogP contribution in [0.2, 0.25) is 0 Å². The molecule has 0 spiro atoms. The smallest absolute Gasteiger partial charge is 0.416 e. The maximum absolute atomic E-state index is 12.6. The lowest BCUT2D eigenvalue weighted by atomic mass is 10.1. The third kappa shape index (κ3) is 3.96. The quantitative estimate of drug-likeness (QED) is 0.838. The molecule has 1 unspecified atom stereocenters. The molecule has 0 fully saturated rings. The summed E-state index contributed by atoms with van der Waals surface area (Å²) in [5.74, 6) is 0.730. The molecule has 0 heterocycles. The maximum Gasteiger partial charge on any atom is 0.416 e. The van der Waals surface area contributed by atoms with Crippen molar-refractivity contribution in [1.29, 1.82) is 0 Å². The molecule has 0 bridgehead atoms. The van der Waals surface area contributed by atoms with Crippen molar-refractivity contribution in [1.82, 2.24) is 0 Å². The van der Waals surface area contributed by atoms with Gasteiger partial charge in [0.2, 0.25) is 0 Å². The highest BCUT2D eigenvalue weighted by atomic mass is 19.4. The first-order valence-corrected chi connectivity index (χ1v) is 7.20. The third-order valence-electron chi connectivity index (χ3n) is 3.66.